The zero-order valence-corrected chi connectivity index (χ0v) is 21.0. The van der Waals surface area contributed by atoms with Gasteiger partial charge in [-0.25, -0.2) is 0 Å². The number of hydrogen-bond donors (Lipinski definition) is 1. The van der Waals surface area contributed by atoms with Crippen molar-refractivity contribution in [1.29, 1.82) is 0 Å². The molecule has 0 bridgehead atoms. The van der Waals surface area contributed by atoms with Crippen LogP contribution in [-0.2, 0) is 14.3 Å². The van der Waals surface area contributed by atoms with Gasteiger partial charge >= 0.3 is 0 Å². The fraction of sp³-hybridized carbons (Fsp3) is 0.429. The first-order valence-corrected chi connectivity index (χ1v) is 12.8. The highest BCUT2D eigenvalue weighted by molar-refractivity contribution is 6.46. The smallest absolute Gasteiger partial charge is 0.295 e. The molecule has 5 rings (SSSR count). The molecule has 2 fully saturated rings. The topological polar surface area (TPSA) is 97.8 Å². The first-order valence-electron chi connectivity index (χ1n) is 12.8. The van der Waals surface area contributed by atoms with E-state index in [0.29, 0.717) is 74.5 Å². The summed E-state index contributed by atoms with van der Waals surface area (Å²) in [6, 6.07) is 11.6. The predicted octanol–water partition coefficient (Wildman–Crippen LogP) is 3.00. The number of rotatable bonds is 8. The molecule has 3 aliphatic heterocycles. The maximum atomic E-state index is 13.4. The van der Waals surface area contributed by atoms with Crippen LogP contribution in [0.1, 0.15) is 30.5 Å². The van der Waals surface area contributed by atoms with Gasteiger partial charge in [0.25, 0.3) is 11.7 Å². The number of benzene rings is 2. The zero-order valence-electron chi connectivity index (χ0n) is 21.0. The number of nitrogens with zero attached hydrogens (tertiary/aromatic N) is 2. The van der Waals surface area contributed by atoms with Crippen LogP contribution in [0.4, 0.5) is 0 Å². The van der Waals surface area contributed by atoms with E-state index in [-0.39, 0.29) is 11.3 Å². The Morgan fingerprint density at radius 1 is 1.00 bits per heavy atom. The van der Waals surface area contributed by atoms with Crippen LogP contribution in [0.15, 0.2) is 48.0 Å². The third kappa shape index (κ3) is 5.28. The van der Waals surface area contributed by atoms with E-state index in [1.807, 2.05) is 31.2 Å². The molecule has 0 aliphatic carbocycles. The minimum absolute atomic E-state index is 0.0521. The second-order valence-corrected chi connectivity index (χ2v) is 9.23. The van der Waals surface area contributed by atoms with Gasteiger partial charge in [0.1, 0.15) is 24.7 Å². The Morgan fingerprint density at radius 2 is 1.78 bits per heavy atom. The molecule has 2 saturated heterocycles. The molecule has 2 aromatic rings. The first-order chi connectivity index (χ1) is 18.1. The number of likely N-dealkylation sites (tertiary alicyclic amines) is 1. The van der Waals surface area contributed by atoms with E-state index in [1.54, 1.807) is 23.1 Å². The molecular formula is C28H32N2O7. The Hall–Kier alpha value is -3.56. The minimum atomic E-state index is -0.751. The average Bonchev–Trinajstić information content (AvgIpc) is 3.20. The van der Waals surface area contributed by atoms with E-state index in [9.17, 15) is 14.7 Å². The van der Waals surface area contributed by atoms with E-state index in [2.05, 4.69) is 4.90 Å². The van der Waals surface area contributed by atoms with Crippen molar-refractivity contribution in [3.05, 3.63) is 59.2 Å². The fourth-order valence-electron chi connectivity index (χ4n) is 4.87. The summed E-state index contributed by atoms with van der Waals surface area (Å²) in [5.74, 6) is 0.137. The van der Waals surface area contributed by atoms with Crippen molar-refractivity contribution >= 4 is 17.4 Å². The molecule has 37 heavy (non-hydrogen) atoms. The third-order valence-corrected chi connectivity index (χ3v) is 6.76. The van der Waals surface area contributed by atoms with Crippen LogP contribution in [-0.4, -0.2) is 85.8 Å². The van der Waals surface area contributed by atoms with E-state index < -0.39 is 17.7 Å². The van der Waals surface area contributed by atoms with Crippen molar-refractivity contribution in [2.24, 2.45) is 0 Å². The molecule has 0 aromatic heterocycles. The highest BCUT2D eigenvalue weighted by Gasteiger charge is 2.46. The molecule has 0 spiro atoms. The molecule has 0 unspecified atom stereocenters. The predicted molar refractivity (Wildman–Crippen MR) is 136 cm³/mol. The summed E-state index contributed by atoms with van der Waals surface area (Å²) in [4.78, 5) is 30.5. The number of ketones is 1. The number of amides is 1. The van der Waals surface area contributed by atoms with Crippen molar-refractivity contribution in [2.45, 2.75) is 19.4 Å². The van der Waals surface area contributed by atoms with E-state index in [1.165, 1.54) is 0 Å². The lowest BCUT2D eigenvalue weighted by molar-refractivity contribution is -0.140. The second-order valence-electron chi connectivity index (χ2n) is 9.23. The summed E-state index contributed by atoms with van der Waals surface area (Å²) in [6.45, 7) is 7.19. The quantitative estimate of drug-likeness (QED) is 0.330. The lowest BCUT2D eigenvalue weighted by Crippen LogP contribution is -2.42. The number of Topliss-reactive ketones (excluding diaryl/α,β-unsaturated/α-hetero) is 1. The Labute approximate surface area is 216 Å². The van der Waals surface area contributed by atoms with Gasteiger partial charge in [0, 0.05) is 31.7 Å². The molecular weight excluding hydrogens is 476 g/mol. The molecule has 9 nitrogen and oxygen atoms in total. The van der Waals surface area contributed by atoms with Gasteiger partial charge in [0.15, 0.2) is 11.5 Å². The largest absolute Gasteiger partial charge is 0.507 e. The number of hydrogen-bond acceptors (Lipinski definition) is 8. The molecule has 9 heteroatoms. The van der Waals surface area contributed by atoms with Crippen LogP contribution in [0.5, 0.6) is 17.2 Å². The molecule has 1 atom stereocenters. The van der Waals surface area contributed by atoms with Crippen molar-refractivity contribution in [3.8, 4) is 17.2 Å². The summed E-state index contributed by atoms with van der Waals surface area (Å²) in [5.41, 5.74) is 1.14. The van der Waals surface area contributed by atoms with Gasteiger partial charge in [-0.2, -0.15) is 0 Å². The molecule has 3 aliphatic rings. The lowest BCUT2D eigenvalue weighted by atomic mass is 9.95. The van der Waals surface area contributed by atoms with E-state index >= 15 is 0 Å². The van der Waals surface area contributed by atoms with Crippen molar-refractivity contribution in [1.82, 2.24) is 9.80 Å². The van der Waals surface area contributed by atoms with E-state index in [0.717, 1.165) is 19.5 Å². The summed E-state index contributed by atoms with van der Waals surface area (Å²) in [5, 5.41) is 11.4. The molecule has 196 valence electrons. The molecule has 0 saturated carbocycles. The van der Waals surface area contributed by atoms with Gasteiger partial charge < -0.3 is 29.0 Å². The maximum Gasteiger partial charge on any atom is 0.295 e. The zero-order chi connectivity index (χ0) is 25.8. The van der Waals surface area contributed by atoms with Gasteiger partial charge in [0.05, 0.1) is 31.4 Å². The van der Waals surface area contributed by atoms with Gasteiger partial charge in [-0.15, -0.1) is 0 Å². The van der Waals surface area contributed by atoms with Crippen LogP contribution < -0.4 is 14.2 Å². The van der Waals surface area contributed by atoms with Crippen molar-refractivity contribution in [3.63, 3.8) is 0 Å². The van der Waals surface area contributed by atoms with Gasteiger partial charge in [-0.3, -0.25) is 14.5 Å². The van der Waals surface area contributed by atoms with E-state index in [4.69, 9.17) is 18.9 Å². The molecule has 1 amide bonds. The monoisotopic (exact) mass is 508 g/mol. The fourth-order valence-corrected chi connectivity index (χ4v) is 4.87. The number of carbonyl (C=O) groups is 2. The standard InChI is InChI=1S/C28H32N2O7/c1-2-12-35-21-5-3-4-19(17-21)25-24(26(31)20-6-7-22-23(18-20)37-16-15-36-22)27(32)28(33)30(25)9-8-29-10-13-34-14-11-29/h3-7,17-18,25,31H,2,8-16H2,1H3/b26-24+/t25-/m1/s1. The maximum absolute atomic E-state index is 13.4. The molecule has 2 aromatic carbocycles. The summed E-state index contributed by atoms with van der Waals surface area (Å²) < 4.78 is 22.5. The number of morpholine rings is 1. The molecule has 1 N–H and O–H groups in total. The SMILES string of the molecule is CCCOc1cccc([C@@H]2/C(=C(\O)c3ccc4c(c3)OCCO4)C(=O)C(=O)N2CCN2CCOCC2)c1. The second kappa shape index (κ2) is 11.2. The number of ether oxygens (including phenoxy) is 4. The van der Waals surface area contributed by atoms with Crippen LogP contribution in [0.2, 0.25) is 0 Å². The van der Waals surface area contributed by atoms with Crippen LogP contribution in [0.25, 0.3) is 5.76 Å². The minimum Gasteiger partial charge on any atom is -0.507 e. The third-order valence-electron chi connectivity index (χ3n) is 6.76. The summed E-state index contributed by atoms with van der Waals surface area (Å²) in [6.07, 6.45) is 0.854. The average molecular weight is 509 g/mol. The van der Waals surface area contributed by atoms with Crippen molar-refractivity contribution in [2.75, 3.05) is 59.2 Å². The summed E-state index contributed by atoms with van der Waals surface area (Å²) >= 11 is 0. The van der Waals surface area contributed by atoms with Gasteiger partial charge in [-0.05, 0) is 42.3 Å². The highest BCUT2D eigenvalue weighted by Crippen LogP contribution is 2.41. The number of fused-ring (bicyclic) bond motifs is 1. The number of aliphatic hydroxyl groups excluding tert-OH is 1. The lowest BCUT2D eigenvalue weighted by Gasteiger charge is -2.31. The Balaban J connectivity index is 1.53. The van der Waals surface area contributed by atoms with Crippen molar-refractivity contribution < 1.29 is 33.6 Å². The normalized spacial score (nSPS) is 21.3. The number of carbonyl (C=O) groups excluding carboxylic acids is 2. The first kappa shape index (κ1) is 25.1. The molecule has 3 heterocycles. The Morgan fingerprint density at radius 3 is 2.57 bits per heavy atom. The Bertz CT molecular complexity index is 1190. The van der Waals surface area contributed by atoms with Gasteiger partial charge in [-0.1, -0.05) is 19.1 Å². The van der Waals surface area contributed by atoms with Gasteiger partial charge in [0.2, 0.25) is 0 Å². The summed E-state index contributed by atoms with van der Waals surface area (Å²) in [7, 11) is 0. The molecule has 0 radical (unpaired) electrons. The Kier molecular flexibility index (Phi) is 7.62. The number of aliphatic hydroxyl groups is 1. The highest BCUT2D eigenvalue weighted by atomic mass is 16.6. The van der Waals surface area contributed by atoms with Crippen LogP contribution >= 0.6 is 0 Å². The van der Waals surface area contributed by atoms with Crippen LogP contribution in [0.3, 0.4) is 0 Å². The van der Waals surface area contributed by atoms with Crippen LogP contribution in [0, 0.1) is 0 Å².